The number of benzene rings is 1. The SMILES string of the molecule is CCNC(=O)[C@H](C)Sc1nnc(COc2ccc(Cl)cc2)n1C. The Labute approximate surface area is 144 Å². The van der Waals surface area contributed by atoms with E-state index in [1.165, 1.54) is 11.8 Å². The maximum atomic E-state index is 11.8. The lowest BCUT2D eigenvalue weighted by Gasteiger charge is -2.10. The fraction of sp³-hybridized carbons (Fsp3) is 0.400. The highest BCUT2D eigenvalue weighted by atomic mass is 35.5. The number of carbonyl (C=O) groups excluding carboxylic acids is 1. The van der Waals surface area contributed by atoms with Crippen molar-refractivity contribution in [2.45, 2.75) is 30.9 Å². The largest absolute Gasteiger partial charge is 0.486 e. The zero-order chi connectivity index (χ0) is 16.8. The lowest BCUT2D eigenvalue weighted by atomic mass is 10.3. The quantitative estimate of drug-likeness (QED) is 0.774. The van der Waals surface area contributed by atoms with Crippen LogP contribution >= 0.6 is 23.4 Å². The van der Waals surface area contributed by atoms with Crippen LogP contribution in [0.1, 0.15) is 19.7 Å². The Hall–Kier alpha value is -1.73. The Bertz CT molecular complexity index is 660. The van der Waals surface area contributed by atoms with Crippen molar-refractivity contribution in [2.24, 2.45) is 7.05 Å². The van der Waals surface area contributed by atoms with Crippen LogP contribution in [-0.2, 0) is 18.4 Å². The van der Waals surface area contributed by atoms with Gasteiger partial charge >= 0.3 is 0 Å². The summed E-state index contributed by atoms with van der Waals surface area (Å²) in [6.45, 7) is 4.64. The van der Waals surface area contributed by atoms with Crippen LogP contribution in [0, 0.1) is 0 Å². The Balaban J connectivity index is 1.96. The molecule has 0 saturated carbocycles. The van der Waals surface area contributed by atoms with Gasteiger partial charge in [0.05, 0.1) is 5.25 Å². The molecule has 0 radical (unpaired) electrons. The molecule has 0 aliphatic rings. The highest BCUT2D eigenvalue weighted by Crippen LogP contribution is 2.22. The van der Waals surface area contributed by atoms with Crippen molar-refractivity contribution < 1.29 is 9.53 Å². The van der Waals surface area contributed by atoms with Gasteiger partial charge in [-0.3, -0.25) is 4.79 Å². The van der Waals surface area contributed by atoms with Crippen molar-refractivity contribution in [3.05, 3.63) is 35.1 Å². The second-order valence-corrected chi connectivity index (χ2v) is 6.60. The molecule has 1 aromatic heterocycles. The average molecular weight is 355 g/mol. The second kappa shape index (κ2) is 8.21. The van der Waals surface area contributed by atoms with Gasteiger partial charge in [0.1, 0.15) is 12.4 Å². The van der Waals surface area contributed by atoms with Gasteiger partial charge in [-0.2, -0.15) is 0 Å². The molecule has 6 nitrogen and oxygen atoms in total. The topological polar surface area (TPSA) is 69.0 Å². The number of hydrogen-bond donors (Lipinski definition) is 1. The third kappa shape index (κ3) is 4.87. The van der Waals surface area contributed by atoms with Gasteiger partial charge in [0, 0.05) is 18.6 Å². The van der Waals surface area contributed by atoms with Crippen LogP contribution in [0.15, 0.2) is 29.4 Å². The van der Waals surface area contributed by atoms with Gasteiger partial charge in [-0.25, -0.2) is 0 Å². The van der Waals surface area contributed by atoms with Crippen molar-refractivity contribution in [3.63, 3.8) is 0 Å². The molecule has 0 aliphatic heterocycles. The van der Waals surface area contributed by atoms with E-state index >= 15 is 0 Å². The summed E-state index contributed by atoms with van der Waals surface area (Å²) in [6.07, 6.45) is 0. The molecular weight excluding hydrogens is 336 g/mol. The molecule has 1 aromatic carbocycles. The van der Waals surface area contributed by atoms with Crippen molar-refractivity contribution in [1.29, 1.82) is 0 Å². The Morgan fingerprint density at radius 3 is 2.74 bits per heavy atom. The van der Waals surface area contributed by atoms with Gasteiger partial charge in [0.2, 0.25) is 5.91 Å². The summed E-state index contributed by atoms with van der Waals surface area (Å²) >= 11 is 7.20. The van der Waals surface area contributed by atoms with E-state index in [0.717, 1.165) is 0 Å². The highest BCUT2D eigenvalue weighted by molar-refractivity contribution is 8.00. The number of aromatic nitrogens is 3. The van der Waals surface area contributed by atoms with Crippen molar-refractivity contribution >= 4 is 29.3 Å². The first kappa shape index (κ1) is 17.6. The summed E-state index contributed by atoms with van der Waals surface area (Å²) in [5.74, 6) is 1.38. The van der Waals surface area contributed by atoms with Crippen LogP contribution in [0.5, 0.6) is 5.75 Å². The number of ether oxygens (including phenoxy) is 1. The van der Waals surface area contributed by atoms with Crippen molar-refractivity contribution in [3.8, 4) is 5.75 Å². The van der Waals surface area contributed by atoms with Crippen LogP contribution < -0.4 is 10.1 Å². The maximum absolute atomic E-state index is 11.8. The normalized spacial score (nSPS) is 12.0. The van der Waals surface area contributed by atoms with E-state index in [9.17, 15) is 4.79 Å². The number of nitrogens with zero attached hydrogens (tertiary/aromatic N) is 3. The number of halogens is 1. The molecule has 0 spiro atoms. The zero-order valence-corrected chi connectivity index (χ0v) is 14.8. The number of hydrogen-bond acceptors (Lipinski definition) is 5. The number of nitrogens with one attached hydrogen (secondary N) is 1. The van der Waals surface area contributed by atoms with Gasteiger partial charge in [0.15, 0.2) is 11.0 Å². The summed E-state index contributed by atoms with van der Waals surface area (Å²) in [6, 6.07) is 7.13. The van der Waals surface area contributed by atoms with Gasteiger partial charge in [-0.15, -0.1) is 10.2 Å². The minimum atomic E-state index is -0.233. The summed E-state index contributed by atoms with van der Waals surface area (Å²) < 4.78 is 7.49. The van der Waals surface area contributed by atoms with Crippen LogP contribution in [0.25, 0.3) is 0 Å². The molecule has 124 valence electrons. The molecule has 2 rings (SSSR count). The lowest BCUT2D eigenvalue weighted by Crippen LogP contribution is -2.30. The van der Waals surface area contributed by atoms with E-state index in [1.807, 2.05) is 25.5 Å². The van der Waals surface area contributed by atoms with Crippen molar-refractivity contribution in [2.75, 3.05) is 6.54 Å². The number of rotatable bonds is 7. The highest BCUT2D eigenvalue weighted by Gasteiger charge is 2.18. The number of carbonyl (C=O) groups is 1. The van der Waals surface area contributed by atoms with E-state index < -0.39 is 0 Å². The van der Waals surface area contributed by atoms with E-state index in [-0.39, 0.29) is 11.2 Å². The predicted octanol–water partition coefficient (Wildman–Crippen LogP) is 2.66. The first-order chi connectivity index (χ1) is 11.0. The first-order valence-electron chi connectivity index (χ1n) is 7.22. The van der Waals surface area contributed by atoms with Gasteiger partial charge < -0.3 is 14.6 Å². The van der Waals surface area contributed by atoms with E-state index in [0.29, 0.717) is 34.9 Å². The molecule has 2 aromatic rings. The first-order valence-corrected chi connectivity index (χ1v) is 8.48. The molecule has 1 heterocycles. The Kier molecular flexibility index (Phi) is 6.29. The van der Waals surface area contributed by atoms with Crippen LogP contribution in [0.2, 0.25) is 5.02 Å². The van der Waals surface area contributed by atoms with Crippen LogP contribution in [0.4, 0.5) is 0 Å². The molecule has 0 bridgehead atoms. The lowest BCUT2D eigenvalue weighted by molar-refractivity contribution is -0.120. The molecule has 0 saturated heterocycles. The fourth-order valence-electron chi connectivity index (χ4n) is 1.78. The molecule has 23 heavy (non-hydrogen) atoms. The minimum absolute atomic E-state index is 0.0144. The molecule has 0 fully saturated rings. The van der Waals surface area contributed by atoms with Crippen LogP contribution in [0.3, 0.4) is 0 Å². The number of thioether (sulfide) groups is 1. The number of amides is 1. The molecular formula is C15H19ClN4O2S. The van der Waals surface area contributed by atoms with E-state index in [1.54, 1.807) is 24.3 Å². The smallest absolute Gasteiger partial charge is 0.233 e. The molecule has 8 heteroatoms. The minimum Gasteiger partial charge on any atom is -0.486 e. The molecule has 1 atom stereocenters. The van der Waals surface area contributed by atoms with Gasteiger partial charge in [-0.1, -0.05) is 23.4 Å². The summed E-state index contributed by atoms with van der Waals surface area (Å²) in [4.78, 5) is 11.8. The third-order valence-electron chi connectivity index (χ3n) is 3.11. The monoisotopic (exact) mass is 354 g/mol. The molecule has 0 aliphatic carbocycles. The molecule has 1 N–H and O–H groups in total. The second-order valence-electron chi connectivity index (χ2n) is 4.86. The predicted molar refractivity (Wildman–Crippen MR) is 90.8 cm³/mol. The standard InChI is InChI=1S/C15H19ClN4O2S/c1-4-17-14(21)10(2)23-15-19-18-13(20(15)3)9-22-12-7-5-11(16)6-8-12/h5-8,10H,4,9H2,1-3H3,(H,17,21)/t10-/m0/s1. The summed E-state index contributed by atoms with van der Waals surface area (Å²) in [5, 5.41) is 12.1. The van der Waals surface area contributed by atoms with E-state index in [2.05, 4.69) is 15.5 Å². The Morgan fingerprint density at radius 1 is 1.39 bits per heavy atom. The van der Waals surface area contributed by atoms with Gasteiger partial charge in [-0.05, 0) is 38.1 Å². The Morgan fingerprint density at radius 2 is 2.09 bits per heavy atom. The van der Waals surface area contributed by atoms with Crippen molar-refractivity contribution in [1.82, 2.24) is 20.1 Å². The van der Waals surface area contributed by atoms with Gasteiger partial charge in [0.25, 0.3) is 0 Å². The molecule has 1 amide bonds. The summed E-state index contributed by atoms with van der Waals surface area (Å²) in [7, 11) is 1.85. The zero-order valence-electron chi connectivity index (χ0n) is 13.2. The third-order valence-corrected chi connectivity index (χ3v) is 4.50. The maximum Gasteiger partial charge on any atom is 0.233 e. The summed E-state index contributed by atoms with van der Waals surface area (Å²) in [5.41, 5.74) is 0. The average Bonchev–Trinajstić information content (AvgIpc) is 2.87. The van der Waals surface area contributed by atoms with Crippen LogP contribution in [-0.4, -0.2) is 32.5 Å². The fourth-order valence-corrected chi connectivity index (χ4v) is 2.77. The molecule has 0 unspecified atom stereocenters. The van der Waals surface area contributed by atoms with E-state index in [4.69, 9.17) is 16.3 Å².